The lowest BCUT2D eigenvalue weighted by Gasteiger charge is -2.41. The second-order valence-electron chi connectivity index (χ2n) is 5.85. The Hall–Kier alpha value is -1.55. The third-order valence-corrected chi connectivity index (χ3v) is 4.52. The monoisotopic (exact) mass is 275 g/mol. The highest BCUT2D eigenvalue weighted by Gasteiger charge is 2.31. The van der Waals surface area contributed by atoms with E-state index in [9.17, 15) is 4.79 Å². The molecule has 1 heterocycles. The number of anilines is 2. The SMILES string of the molecule is CC1CCCN(C(C)C(=O)Nc2ccccc2N)C1C. The smallest absolute Gasteiger partial charge is 0.241 e. The van der Waals surface area contributed by atoms with E-state index in [0.717, 1.165) is 13.0 Å². The van der Waals surface area contributed by atoms with Crippen molar-refractivity contribution in [1.29, 1.82) is 0 Å². The molecule has 1 aliphatic rings. The highest BCUT2D eigenvalue weighted by atomic mass is 16.2. The zero-order valence-corrected chi connectivity index (χ0v) is 12.6. The molecular formula is C16H25N3O. The molecule has 0 aliphatic carbocycles. The van der Waals surface area contributed by atoms with Gasteiger partial charge in [-0.05, 0) is 51.3 Å². The van der Waals surface area contributed by atoms with Crippen molar-refractivity contribution in [3.05, 3.63) is 24.3 Å². The van der Waals surface area contributed by atoms with Crippen molar-refractivity contribution in [1.82, 2.24) is 4.90 Å². The van der Waals surface area contributed by atoms with Crippen LogP contribution in [0.4, 0.5) is 11.4 Å². The van der Waals surface area contributed by atoms with Crippen LogP contribution in [0.15, 0.2) is 24.3 Å². The zero-order chi connectivity index (χ0) is 14.7. The van der Waals surface area contributed by atoms with Crippen LogP contribution in [-0.4, -0.2) is 29.4 Å². The first-order chi connectivity index (χ1) is 9.50. The van der Waals surface area contributed by atoms with Crippen LogP contribution in [0.5, 0.6) is 0 Å². The lowest BCUT2D eigenvalue weighted by molar-refractivity contribution is -0.122. The van der Waals surface area contributed by atoms with Crippen molar-refractivity contribution in [2.24, 2.45) is 5.92 Å². The Labute approximate surface area is 121 Å². The van der Waals surface area contributed by atoms with Gasteiger partial charge in [0.15, 0.2) is 0 Å². The molecule has 3 unspecified atom stereocenters. The van der Waals surface area contributed by atoms with Crippen LogP contribution >= 0.6 is 0 Å². The molecular weight excluding hydrogens is 250 g/mol. The molecule has 3 atom stereocenters. The summed E-state index contributed by atoms with van der Waals surface area (Å²) in [6.07, 6.45) is 2.41. The quantitative estimate of drug-likeness (QED) is 0.834. The van der Waals surface area contributed by atoms with Crippen LogP contribution in [0.1, 0.15) is 33.6 Å². The minimum Gasteiger partial charge on any atom is -0.397 e. The van der Waals surface area contributed by atoms with Crippen LogP contribution in [0.3, 0.4) is 0 Å². The number of nitrogens with two attached hydrogens (primary N) is 1. The fourth-order valence-corrected chi connectivity index (χ4v) is 2.91. The van der Waals surface area contributed by atoms with E-state index in [0.29, 0.717) is 23.3 Å². The van der Waals surface area contributed by atoms with Crippen LogP contribution < -0.4 is 11.1 Å². The minimum absolute atomic E-state index is 0.0175. The number of amides is 1. The summed E-state index contributed by atoms with van der Waals surface area (Å²) in [4.78, 5) is 14.7. The number of nitrogens with one attached hydrogen (secondary N) is 1. The van der Waals surface area contributed by atoms with Gasteiger partial charge in [0.2, 0.25) is 5.91 Å². The second kappa shape index (κ2) is 6.27. The number of nitrogens with zero attached hydrogens (tertiary/aromatic N) is 1. The lowest BCUT2D eigenvalue weighted by atomic mass is 9.91. The van der Waals surface area contributed by atoms with Crippen molar-refractivity contribution in [3.63, 3.8) is 0 Å². The topological polar surface area (TPSA) is 58.4 Å². The number of hydrogen-bond acceptors (Lipinski definition) is 3. The van der Waals surface area contributed by atoms with Gasteiger partial charge in [-0.3, -0.25) is 9.69 Å². The van der Waals surface area contributed by atoms with Crippen molar-refractivity contribution in [2.75, 3.05) is 17.6 Å². The van der Waals surface area contributed by atoms with Crippen molar-refractivity contribution in [3.8, 4) is 0 Å². The van der Waals surface area contributed by atoms with Gasteiger partial charge in [-0.15, -0.1) is 0 Å². The molecule has 0 radical (unpaired) electrons. The summed E-state index contributed by atoms with van der Waals surface area (Å²) in [5.41, 5.74) is 7.17. The largest absolute Gasteiger partial charge is 0.397 e. The summed E-state index contributed by atoms with van der Waals surface area (Å²) in [6.45, 7) is 7.44. The van der Waals surface area contributed by atoms with Gasteiger partial charge in [0.25, 0.3) is 0 Å². The molecule has 2 rings (SSSR count). The predicted octanol–water partition coefficient (Wildman–Crippen LogP) is 2.72. The van der Waals surface area contributed by atoms with Crippen LogP contribution in [0.25, 0.3) is 0 Å². The van der Waals surface area contributed by atoms with Crippen LogP contribution in [0, 0.1) is 5.92 Å². The van der Waals surface area contributed by atoms with Crippen LogP contribution in [0.2, 0.25) is 0 Å². The third-order valence-electron chi connectivity index (χ3n) is 4.52. The van der Waals surface area contributed by atoms with Gasteiger partial charge in [0, 0.05) is 6.04 Å². The maximum atomic E-state index is 12.4. The number of carbonyl (C=O) groups is 1. The van der Waals surface area contributed by atoms with Gasteiger partial charge >= 0.3 is 0 Å². The first-order valence-corrected chi connectivity index (χ1v) is 7.42. The number of hydrogen-bond donors (Lipinski definition) is 2. The molecule has 1 amide bonds. The summed E-state index contributed by atoms with van der Waals surface area (Å²) < 4.78 is 0. The average Bonchev–Trinajstić information content (AvgIpc) is 2.43. The highest BCUT2D eigenvalue weighted by Crippen LogP contribution is 2.25. The number of piperidine rings is 1. The van der Waals surface area contributed by atoms with Crippen LogP contribution in [-0.2, 0) is 4.79 Å². The van der Waals surface area contributed by atoms with E-state index in [1.54, 1.807) is 6.07 Å². The summed E-state index contributed by atoms with van der Waals surface area (Å²) in [5.74, 6) is 0.657. The standard InChI is InChI=1S/C16H25N3O/c1-11-7-6-10-19(12(11)2)13(3)16(20)18-15-9-5-4-8-14(15)17/h4-5,8-9,11-13H,6-7,10,17H2,1-3H3,(H,18,20). The molecule has 3 N–H and O–H groups in total. The summed E-state index contributed by atoms with van der Waals surface area (Å²) in [7, 11) is 0. The van der Waals surface area contributed by atoms with E-state index in [1.807, 2.05) is 25.1 Å². The van der Waals surface area contributed by atoms with Gasteiger partial charge in [-0.1, -0.05) is 19.1 Å². The maximum Gasteiger partial charge on any atom is 0.241 e. The fraction of sp³-hybridized carbons (Fsp3) is 0.562. The Kier molecular flexibility index (Phi) is 4.65. The lowest BCUT2D eigenvalue weighted by Crippen LogP contribution is -2.51. The van der Waals surface area contributed by atoms with Gasteiger partial charge in [0.05, 0.1) is 17.4 Å². The highest BCUT2D eigenvalue weighted by molar-refractivity contribution is 5.97. The van der Waals surface area contributed by atoms with E-state index in [4.69, 9.17) is 5.73 Å². The molecule has 1 aromatic carbocycles. The molecule has 0 spiro atoms. The maximum absolute atomic E-state index is 12.4. The molecule has 0 saturated carbocycles. The Morgan fingerprint density at radius 2 is 2.10 bits per heavy atom. The van der Waals surface area contributed by atoms with E-state index >= 15 is 0 Å². The normalized spacial score (nSPS) is 25.1. The number of para-hydroxylation sites is 2. The number of rotatable bonds is 3. The molecule has 110 valence electrons. The fourth-order valence-electron chi connectivity index (χ4n) is 2.91. The molecule has 0 bridgehead atoms. The van der Waals surface area contributed by atoms with Crippen molar-refractivity contribution >= 4 is 17.3 Å². The van der Waals surface area contributed by atoms with Crippen molar-refractivity contribution < 1.29 is 4.79 Å². The molecule has 1 saturated heterocycles. The summed E-state index contributed by atoms with van der Waals surface area (Å²) >= 11 is 0. The Bertz CT molecular complexity index is 475. The molecule has 4 heteroatoms. The summed E-state index contributed by atoms with van der Waals surface area (Å²) in [6, 6.07) is 7.68. The number of likely N-dealkylation sites (tertiary alicyclic amines) is 1. The average molecular weight is 275 g/mol. The molecule has 1 fully saturated rings. The van der Waals surface area contributed by atoms with E-state index in [2.05, 4.69) is 24.1 Å². The molecule has 20 heavy (non-hydrogen) atoms. The molecule has 1 aromatic rings. The van der Waals surface area contributed by atoms with Gasteiger partial charge in [-0.2, -0.15) is 0 Å². The van der Waals surface area contributed by atoms with E-state index < -0.39 is 0 Å². The zero-order valence-electron chi connectivity index (χ0n) is 12.6. The van der Waals surface area contributed by atoms with Gasteiger partial charge in [0.1, 0.15) is 0 Å². The van der Waals surface area contributed by atoms with E-state index in [1.165, 1.54) is 6.42 Å². The Morgan fingerprint density at radius 1 is 1.40 bits per heavy atom. The summed E-state index contributed by atoms with van der Waals surface area (Å²) in [5, 5.41) is 2.94. The molecule has 1 aliphatic heterocycles. The first-order valence-electron chi connectivity index (χ1n) is 7.42. The number of carbonyl (C=O) groups excluding carboxylic acids is 1. The molecule has 4 nitrogen and oxygen atoms in total. The number of nitrogen functional groups attached to an aromatic ring is 1. The van der Waals surface area contributed by atoms with Gasteiger partial charge < -0.3 is 11.1 Å². The number of benzene rings is 1. The Morgan fingerprint density at radius 3 is 2.80 bits per heavy atom. The van der Waals surface area contributed by atoms with Gasteiger partial charge in [-0.25, -0.2) is 0 Å². The third kappa shape index (κ3) is 3.12. The second-order valence-corrected chi connectivity index (χ2v) is 5.85. The predicted molar refractivity (Wildman–Crippen MR) is 83.5 cm³/mol. The van der Waals surface area contributed by atoms with E-state index in [-0.39, 0.29) is 11.9 Å². The first kappa shape index (κ1) is 14.9. The van der Waals surface area contributed by atoms with Crippen molar-refractivity contribution in [2.45, 2.75) is 45.7 Å². The Balaban J connectivity index is 2.03. The molecule has 0 aromatic heterocycles. The minimum atomic E-state index is -0.132.